The number of hydrogen-bond acceptors (Lipinski definition) is 6. The Morgan fingerprint density at radius 1 is 1.35 bits per heavy atom. The summed E-state index contributed by atoms with van der Waals surface area (Å²) in [6.45, 7) is 2.57. The first-order chi connectivity index (χ1) is 9.76. The predicted molar refractivity (Wildman–Crippen MR) is 71.4 cm³/mol. The number of hydrogen-bond donors (Lipinski definition) is 1. The molecule has 1 N–H and O–H groups in total. The molecule has 0 spiro atoms. The smallest absolute Gasteiger partial charge is 0.231 e. The van der Waals surface area contributed by atoms with Crippen molar-refractivity contribution in [2.24, 2.45) is 0 Å². The lowest BCUT2D eigenvalue weighted by Gasteiger charge is -2.08. The lowest BCUT2D eigenvalue weighted by molar-refractivity contribution is 0.173. The first-order valence-corrected chi connectivity index (χ1v) is 6.13. The molecule has 0 bridgehead atoms. The predicted octanol–water partition coefficient (Wildman–Crippen LogP) is 2.00. The average molecular weight is 268 g/mol. The lowest BCUT2D eigenvalue weighted by atomic mass is 10.2. The van der Waals surface area contributed by atoms with Gasteiger partial charge in [-0.1, -0.05) is 12.1 Å². The fourth-order valence-electron chi connectivity index (χ4n) is 2.01. The molecule has 0 unspecified atom stereocenters. The second kappa shape index (κ2) is 5.05. The number of aryl methyl sites for hydroxylation is 1. The zero-order chi connectivity index (χ0) is 13.9. The summed E-state index contributed by atoms with van der Waals surface area (Å²) in [7, 11) is 0. The third kappa shape index (κ3) is 2.34. The van der Waals surface area contributed by atoms with Gasteiger partial charge in [0.05, 0.1) is 0 Å². The SMILES string of the molecule is Cc1cc(C#N)nc(NCc2cccc3c2OCO3)n1. The molecule has 1 aliphatic heterocycles. The van der Waals surface area contributed by atoms with Crippen molar-refractivity contribution in [1.82, 2.24) is 9.97 Å². The third-order valence-corrected chi connectivity index (χ3v) is 2.88. The van der Waals surface area contributed by atoms with Crippen LogP contribution in [0.15, 0.2) is 24.3 Å². The molecule has 2 aromatic rings. The highest BCUT2D eigenvalue weighted by atomic mass is 16.7. The number of nitrogens with zero attached hydrogens (tertiary/aromatic N) is 3. The van der Waals surface area contributed by atoms with E-state index in [1.807, 2.05) is 31.2 Å². The Balaban J connectivity index is 1.79. The molecule has 0 saturated carbocycles. The second-order valence-electron chi connectivity index (χ2n) is 4.33. The van der Waals surface area contributed by atoms with Gasteiger partial charge in [-0.25, -0.2) is 9.97 Å². The van der Waals surface area contributed by atoms with Gasteiger partial charge in [-0.2, -0.15) is 5.26 Å². The van der Waals surface area contributed by atoms with Crippen molar-refractivity contribution in [1.29, 1.82) is 5.26 Å². The topological polar surface area (TPSA) is 80.1 Å². The van der Waals surface area contributed by atoms with Crippen LogP contribution in [0.4, 0.5) is 5.95 Å². The van der Waals surface area contributed by atoms with Gasteiger partial charge in [0.15, 0.2) is 11.5 Å². The van der Waals surface area contributed by atoms with Crippen LogP contribution in [0.1, 0.15) is 17.0 Å². The molecule has 0 atom stereocenters. The van der Waals surface area contributed by atoms with Crippen LogP contribution in [0.3, 0.4) is 0 Å². The molecule has 0 radical (unpaired) electrons. The van der Waals surface area contributed by atoms with Crippen molar-refractivity contribution in [3.05, 3.63) is 41.2 Å². The van der Waals surface area contributed by atoms with Gasteiger partial charge < -0.3 is 14.8 Å². The van der Waals surface area contributed by atoms with Gasteiger partial charge in [-0.3, -0.25) is 0 Å². The van der Waals surface area contributed by atoms with Crippen molar-refractivity contribution in [2.75, 3.05) is 12.1 Å². The summed E-state index contributed by atoms with van der Waals surface area (Å²) in [4.78, 5) is 8.35. The minimum absolute atomic E-state index is 0.242. The number of nitriles is 1. The molecular formula is C14H12N4O2. The van der Waals surface area contributed by atoms with E-state index in [0.717, 1.165) is 22.8 Å². The van der Waals surface area contributed by atoms with E-state index in [1.54, 1.807) is 6.07 Å². The first kappa shape index (κ1) is 12.2. The Morgan fingerprint density at radius 2 is 2.25 bits per heavy atom. The highest BCUT2D eigenvalue weighted by Crippen LogP contribution is 2.35. The fraction of sp³-hybridized carbons (Fsp3) is 0.214. The minimum atomic E-state index is 0.242. The number of benzene rings is 1. The summed E-state index contributed by atoms with van der Waals surface area (Å²) in [5, 5.41) is 12.0. The highest BCUT2D eigenvalue weighted by Gasteiger charge is 2.17. The van der Waals surface area contributed by atoms with Gasteiger partial charge in [0.25, 0.3) is 0 Å². The number of para-hydroxylation sites is 1. The van der Waals surface area contributed by atoms with Crippen molar-refractivity contribution >= 4 is 5.95 Å². The third-order valence-electron chi connectivity index (χ3n) is 2.88. The molecule has 0 amide bonds. The molecule has 100 valence electrons. The van der Waals surface area contributed by atoms with Gasteiger partial charge in [-0.15, -0.1) is 0 Å². The standard InChI is InChI=1S/C14H12N4O2/c1-9-5-11(6-15)18-14(17-9)16-7-10-3-2-4-12-13(10)20-8-19-12/h2-5H,7-8H2,1H3,(H,16,17,18). The molecule has 6 heteroatoms. The van der Waals surface area contributed by atoms with Crippen molar-refractivity contribution in [3.8, 4) is 17.6 Å². The maximum absolute atomic E-state index is 8.89. The zero-order valence-corrected chi connectivity index (χ0v) is 10.9. The Hall–Kier alpha value is -2.81. The van der Waals surface area contributed by atoms with Crippen LogP contribution in [0, 0.1) is 18.3 Å². The number of ether oxygens (including phenoxy) is 2. The molecule has 6 nitrogen and oxygen atoms in total. The van der Waals surface area contributed by atoms with E-state index < -0.39 is 0 Å². The summed E-state index contributed by atoms with van der Waals surface area (Å²) < 4.78 is 10.8. The van der Waals surface area contributed by atoms with Gasteiger partial charge in [-0.05, 0) is 19.1 Å². The molecule has 1 aliphatic rings. The molecule has 3 rings (SSSR count). The molecule has 1 aromatic carbocycles. The molecule has 1 aromatic heterocycles. The van der Waals surface area contributed by atoms with E-state index in [4.69, 9.17) is 14.7 Å². The van der Waals surface area contributed by atoms with Crippen LogP contribution in [0.5, 0.6) is 11.5 Å². The van der Waals surface area contributed by atoms with Crippen LogP contribution in [-0.4, -0.2) is 16.8 Å². The number of rotatable bonds is 3. The van der Waals surface area contributed by atoms with E-state index in [1.165, 1.54) is 0 Å². The Labute approximate surface area is 116 Å². The van der Waals surface area contributed by atoms with E-state index >= 15 is 0 Å². The number of aromatic nitrogens is 2. The number of nitrogens with one attached hydrogen (secondary N) is 1. The van der Waals surface area contributed by atoms with E-state index in [-0.39, 0.29) is 6.79 Å². The van der Waals surface area contributed by atoms with Crippen molar-refractivity contribution in [3.63, 3.8) is 0 Å². The fourth-order valence-corrected chi connectivity index (χ4v) is 2.01. The maximum atomic E-state index is 8.89. The number of anilines is 1. The zero-order valence-electron chi connectivity index (χ0n) is 10.9. The molecule has 0 fully saturated rings. The van der Waals surface area contributed by atoms with Crippen molar-refractivity contribution in [2.45, 2.75) is 13.5 Å². The normalized spacial score (nSPS) is 12.0. The lowest BCUT2D eigenvalue weighted by Crippen LogP contribution is -2.06. The minimum Gasteiger partial charge on any atom is -0.454 e. The molecule has 2 heterocycles. The van der Waals surface area contributed by atoms with Crippen LogP contribution in [0.25, 0.3) is 0 Å². The monoisotopic (exact) mass is 268 g/mol. The molecule has 0 saturated heterocycles. The van der Waals surface area contributed by atoms with E-state index in [2.05, 4.69) is 15.3 Å². The van der Waals surface area contributed by atoms with Gasteiger partial charge in [0.1, 0.15) is 11.8 Å². The second-order valence-corrected chi connectivity index (χ2v) is 4.33. The van der Waals surface area contributed by atoms with Crippen LogP contribution in [-0.2, 0) is 6.54 Å². The maximum Gasteiger partial charge on any atom is 0.231 e. The molecule has 20 heavy (non-hydrogen) atoms. The average Bonchev–Trinajstić information content (AvgIpc) is 2.93. The molecular weight excluding hydrogens is 256 g/mol. The summed E-state index contributed by atoms with van der Waals surface area (Å²) in [5.41, 5.74) is 2.05. The van der Waals surface area contributed by atoms with E-state index in [0.29, 0.717) is 18.2 Å². The Morgan fingerprint density at radius 3 is 3.10 bits per heavy atom. The number of fused-ring (bicyclic) bond motifs is 1. The summed E-state index contributed by atoms with van der Waals surface area (Å²) in [5.74, 6) is 1.92. The summed E-state index contributed by atoms with van der Waals surface area (Å²) in [6, 6.07) is 9.37. The largest absolute Gasteiger partial charge is 0.454 e. The van der Waals surface area contributed by atoms with Gasteiger partial charge in [0, 0.05) is 17.8 Å². The molecule has 0 aliphatic carbocycles. The summed E-state index contributed by atoms with van der Waals surface area (Å²) >= 11 is 0. The van der Waals surface area contributed by atoms with Crippen molar-refractivity contribution < 1.29 is 9.47 Å². The van der Waals surface area contributed by atoms with Crippen LogP contribution >= 0.6 is 0 Å². The van der Waals surface area contributed by atoms with E-state index in [9.17, 15) is 0 Å². The summed E-state index contributed by atoms with van der Waals surface area (Å²) in [6.07, 6.45) is 0. The van der Waals surface area contributed by atoms with Gasteiger partial charge in [0.2, 0.25) is 12.7 Å². The van der Waals surface area contributed by atoms with Crippen LogP contribution < -0.4 is 14.8 Å². The quantitative estimate of drug-likeness (QED) is 0.917. The van der Waals surface area contributed by atoms with Gasteiger partial charge >= 0.3 is 0 Å². The first-order valence-electron chi connectivity index (χ1n) is 6.13. The Kier molecular flexibility index (Phi) is 3.09. The highest BCUT2D eigenvalue weighted by molar-refractivity contribution is 5.49. The Bertz CT molecular complexity index is 694. The van der Waals surface area contributed by atoms with Crippen LogP contribution in [0.2, 0.25) is 0 Å².